The van der Waals surface area contributed by atoms with Crippen molar-refractivity contribution in [1.82, 2.24) is 0 Å². The van der Waals surface area contributed by atoms with Gasteiger partial charge in [0.1, 0.15) is 23.0 Å². The number of nitrogens with zero attached hydrogens (tertiary/aromatic N) is 2. The summed E-state index contributed by atoms with van der Waals surface area (Å²) in [7, 11) is 1.62. The number of rotatable bonds is 6. The number of methoxy groups -OCH3 is 1. The summed E-state index contributed by atoms with van der Waals surface area (Å²) >= 11 is 0. The summed E-state index contributed by atoms with van der Waals surface area (Å²) in [5.41, 5.74) is 4.00. The number of aliphatic imine (C=N–C) groups is 1. The van der Waals surface area contributed by atoms with Gasteiger partial charge >= 0.3 is 0 Å². The van der Waals surface area contributed by atoms with Gasteiger partial charge in [-0.15, -0.1) is 0 Å². The van der Waals surface area contributed by atoms with Crippen LogP contribution in [0.1, 0.15) is 23.6 Å². The SMILES string of the molecule is CCOc1ccc(/C=C2/N=C(c3cccc(C)c3)N(c3ccc(OC)cc3)C2=O)cc1. The molecular formula is C26H24N2O3. The highest BCUT2D eigenvalue weighted by atomic mass is 16.5. The summed E-state index contributed by atoms with van der Waals surface area (Å²) in [4.78, 5) is 19.8. The standard InChI is InChI=1S/C26H24N2O3/c1-4-31-23-12-8-19(9-13-23)17-24-26(29)28(21-10-14-22(30-3)15-11-21)25(27-24)20-7-5-6-18(2)16-20/h5-17H,4H2,1-3H3/b24-17+. The molecule has 156 valence electrons. The minimum Gasteiger partial charge on any atom is -0.497 e. The third-order valence-electron chi connectivity index (χ3n) is 4.96. The van der Waals surface area contributed by atoms with Crippen LogP contribution in [-0.4, -0.2) is 25.5 Å². The van der Waals surface area contributed by atoms with Crippen molar-refractivity contribution in [2.45, 2.75) is 13.8 Å². The molecule has 0 spiro atoms. The maximum atomic E-state index is 13.4. The number of carbonyl (C=O) groups is 1. The van der Waals surface area contributed by atoms with Gasteiger partial charge in [0.2, 0.25) is 0 Å². The largest absolute Gasteiger partial charge is 0.497 e. The fourth-order valence-corrected chi connectivity index (χ4v) is 3.45. The number of aryl methyl sites for hydroxylation is 1. The first-order chi connectivity index (χ1) is 15.1. The summed E-state index contributed by atoms with van der Waals surface area (Å²) in [5, 5.41) is 0. The molecule has 0 radical (unpaired) electrons. The molecule has 1 aliphatic heterocycles. The summed E-state index contributed by atoms with van der Waals surface area (Å²) in [6, 6.07) is 23.0. The van der Waals surface area contributed by atoms with Gasteiger partial charge in [0, 0.05) is 5.56 Å². The van der Waals surface area contributed by atoms with E-state index in [0.717, 1.165) is 33.9 Å². The Morgan fingerprint density at radius 3 is 2.32 bits per heavy atom. The zero-order valence-electron chi connectivity index (χ0n) is 17.8. The summed E-state index contributed by atoms with van der Waals surface area (Å²) < 4.78 is 10.8. The summed E-state index contributed by atoms with van der Waals surface area (Å²) in [6.07, 6.45) is 1.80. The molecule has 4 rings (SSSR count). The normalized spacial score (nSPS) is 14.7. The van der Waals surface area contributed by atoms with Gasteiger partial charge in [-0.25, -0.2) is 4.99 Å². The van der Waals surface area contributed by atoms with E-state index in [1.165, 1.54) is 0 Å². The lowest BCUT2D eigenvalue weighted by atomic mass is 10.1. The molecule has 0 saturated heterocycles. The number of carbonyl (C=O) groups excluding carboxylic acids is 1. The Hall–Kier alpha value is -3.86. The second-order valence-electron chi connectivity index (χ2n) is 7.18. The fraction of sp³-hybridized carbons (Fsp3) is 0.154. The smallest absolute Gasteiger partial charge is 0.282 e. The predicted octanol–water partition coefficient (Wildman–Crippen LogP) is 5.24. The maximum Gasteiger partial charge on any atom is 0.282 e. The van der Waals surface area contributed by atoms with Gasteiger partial charge in [0.15, 0.2) is 0 Å². The van der Waals surface area contributed by atoms with Crippen molar-refractivity contribution in [3.8, 4) is 11.5 Å². The van der Waals surface area contributed by atoms with E-state index in [0.29, 0.717) is 18.1 Å². The molecule has 31 heavy (non-hydrogen) atoms. The van der Waals surface area contributed by atoms with E-state index >= 15 is 0 Å². The van der Waals surface area contributed by atoms with Gasteiger partial charge in [-0.1, -0.05) is 35.9 Å². The first-order valence-electron chi connectivity index (χ1n) is 10.2. The minimum atomic E-state index is -0.171. The molecule has 3 aromatic carbocycles. The van der Waals surface area contributed by atoms with Crippen molar-refractivity contribution in [2.75, 3.05) is 18.6 Å². The Balaban J connectivity index is 1.75. The van der Waals surface area contributed by atoms with E-state index in [4.69, 9.17) is 14.5 Å². The Labute approximate surface area is 182 Å². The highest BCUT2D eigenvalue weighted by molar-refractivity contribution is 6.33. The lowest BCUT2D eigenvalue weighted by molar-refractivity contribution is -0.113. The quantitative estimate of drug-likeness (QED) is 0.521. The molecule has 0 aliphatic carbocycles. The van der Waals surface area contributed by atoms with Crippen LogP contribution in [0.5, 0.6) is 11.5 Å². The van der Waals surface area contributed by atoms with Crippen LogP contribution in [0.25, 0.3) is 6.08 Å². The van der Waals surface area contributed by atoms with Crippen LogP contribution >= 0.6 is 0 Å². The molecule has 1 heterocycles. The topological polar surface area (TPSA) is 51.1 Å². The summed E-state index contributed by atoms with van der Waals surface area (Å²) in [5.74, 6) is 1.97. The second-order valence-corrected chi connectivity index (χ2v) is 7.18. The molecule has 0 N–H and O–H groups in total. The first-order valence-corrected chi connectivity index (χ1v) is 10.2. The number of amides is 1. The van der Waals surface area contributed by atoms with Crippen molar-refractivity contribution in [3.05, 3.63) is 95.2 Å². The third kappa shape index (κ3) is 4.36. The molecule has 0 fully saturated rings. The highest BCUT2D eigenvalue weighted by Gasteiger charge is 2.32. The van der Waals surface area contributed by atoms with E-state index in [9.17, 15) is 4.79 Å². The third-order valence-corrected chi connectivity index (χ3v) is 4.96. The molecule has 0 bridgehead atoms. The molecule has 0 atom stereocenters. The lowest BCUT2D eigenvalue weighted by Crippen LogP contribution is -2.32. The van der Waals surface area contributed by atoms with Gasteiger partial charge in [-0.05, 0) is 68.0 Å². The van der Waals surface area contributed by atoms with E-state index in [-0.39, 0.29) is 5.91 Å². The predicted molar refractivity (Wildman–Crippen MR) is 124 cm³/mol. The van der Waals surface area contributed by atoms with Crippen molar-refractivity contribution >= 4 is 23.5 Å². The van der Waals surface area contributed by atoms with Crippen LogP contribution in [0, 0.1) is 6.92 Å². The molecular weight excluding hydrogens is 388 g/mol. The number of amidine groups is 1. The summed E-state index contributed by atoms with van der Waals surface area (Å²) in [6.45, 7) is 4.58. The monoisotopic (exact) mass is 412 g/mol. The lowest BCUT2D eigenvalue weighted by Gasteiger charge is -2.19. The van der Waals surface area contributed by atoms with E-state index < -0.39 is 0 Å². The van der Waals surface area contributed by atoms with Crippen molar-refractivity contribution in [2.24, 2.45) is 4.99 Å². The van der Waals surface area contributed by atoms with Crippen molar-refractivity contribution < 1.29 is 14.3 Å². The number of benzene rings is 3. The van der Waals surface area contributed by atoms with Crippen LogP contribution < -0.4 is 14.4 Å². The van der Waals surface area contributed by atoms with Crippen LogP contribution in [-0.2, 0) is 4.79 Å². The van der Waals surface area contributed by atoms with Crippen LogP contribution in [0.2, 0.25) is 0 Å². The fourth-order valence-electron chi connectivity index (χ4n) is 3.45. The Kier molecular flexibility index (Phi) is 5.85. The Morgan fingerprint density at radius 2 is 1.68 bits per heavy atom. The van der Waals surface area contributed by atoms with Gasteiger partial charge in [-0.2, -0.15) is 0 Å². The number of hydrogen-bond donors (Lipinski definition) is 0. The molecule has 0 saturated carbocycles. The van der Waals surface area contributed by atoms with Crippen LogP contribution in [0.3, 0.4) is 0 Å². The van der Waals surface area contributed by atoms with Crippen LogP contribution in [0.15, 0.2) is 83.5 Å². The molecule has 0 unspecified atom stereocenters. The van der Waals surface area contributed by atoms with Crippen LogP contribution in [0.4, 0.5) is 5.69 Å². The molecule has 0 aromatic heterocycles. The molecule has 5 nitrogen and oxygen atoms in total. The average Bonchev–Trinajstić information content (AvgIpc) is 3.11. The van der Waals surface area contributed by atoms with Gasteiger partial charge in [0.25, 0.3) is 5.91 Å². The molecule has 3 aromatic rings. The van der Waals surface area contributed by atoms with Gasteiger partial charge in [0.05, 0.1) is 19.4 Å². The van der Waals surface area contributed by atoms with Gasteiger partial charge in [-0.3, -0.25) is 9.69 Å². The Morgan fingerprint density at radius 1 is 0.968 bits per heavy atom. The zero-order valence-corrected chi connectivity index (χ0v) is 17.8. The Bertz CT molecular complexity index is 1150. The molecule has 1 amide bonds. The minimum absolute atomic E-state index is 0.171. The van der Waals surface area contributed by atoms with Crippen molar-refractivity contribution in [3.63, 3.8) is 0 Å². The highest BCUT2D eigenvalue weighted by Crippen LogP contribution is 2.29. The molecule has 5 heteroatoms. The number of ether oxygens (including phenoxy) is 2. The number of anilines is 1. The van der Waals surface area contributed by atoms with E-state index in [1.807, 2.05) is 86.6 Å². The number of hydrogen-bond acceptors (Lipinski definition) is 4. The second kappa shape index (κ2) is 8.88. The van der Waals surface area contributed by atoms with E-state index in [2.05, 4.69) is 0 Å². The molecule has 1 aliphatic rings. The first kappa shape index (κ1) is 20.4. The average molecular weight is 412 g/mol. The zero-order chi connectivity index (χ0) is 21.8. The van der Waals surface area contributed by atoms with E-state index in [1.54, 1.807) is 18.1 Å². The van der Waals surface area contributed by atoms with Crippen molar-refractivity contribution in [1.29, 1.82) is 0 Å². The van der Waals surface area contributed by atoms with Gasteiger partial charge < -0.3 is 9.47 Å². The maximum absolute atomic E-state index is 13.4.